The van der Waals surface area contributed by atoms with Crippen LogP contribution < -0.4 is 10.1 Å². The smallest absolute Gasteiger partial charge is 0.338 e. The largest absolute Gasteiger partial charge is 0.481 e. The van der Waals surface area contributed by atoms with Gasteiger partial charge in [-0.3, -0.25) is 4.79 Å². The van der Waals surface area contributed by atoms with Gasteiger partial charge in [0.25, 0.3) is 5.91 Å². The zero-order valence-electron chi connectivity index (χ0n) is 14.9. The number of para-hydroxylation sites is 1. The summed E-state index contributed by atoms with van der Waals surface area (Å²) in [5.41, 5.74) is 0.965. The summed E-state index contributed by atoms with van der Waals surface area (Å²) >= 11 is 0. The van der Waals surface area contributed by atoms with Crippen molar-refractivity contribution in [1.82, 2.24) is 0 Å². The molecule has 1 N–H and O–H groups in total. The van der Waals surface area contributed by atoms with E-state index in [-0.39, 0.29) is 24.4 Å². The number of esters is 1. The molecule has 1 fully saturated rings. The van der Waals surface area contributed by atoms with Crippen molar-refractivity contribution in [3.63, 3.8) is 0 Å². The maximum Gasteiger partial charge on any atom is 0.338 e. The van der Waals surface area contributed by atoms with E-state index in [2.05, 4.69) is 5.32 Å². The summed E-state index contributed by atoms with van der Waals surface area (Å²) in [5.74, 6) is -1.27. The number of hydrogen-bond donors (Lipinski definition) is 1. The number of carbonyl (C=O) groups is 2. The van der Waals surface area contributed by atoms with Crippen LogP contribution >= 0.6 is 0 Å². The number of ether oxygens (including phenoxy) is 2. The van der Waals surface area contributed by atoms with Crippen molar-refractivity contribution in [2.24, 2.45) is 0 Å². The van der Waals surface area contributed by atoms with Gasteiger partial charge in [0.05, 0.1) is 5.56 Å². The summed E-state index contributed by atoms with van der Waals surface area (Å²) in [5, 5.41) is 2.64. The highest BCUT2D eigenvalue weighted by Crippen LogP contribution is 2.22. The van der Waals surface area contributed by atoms with Gasteiger partial charge in [0, 0.05) is 5.69 Å². The maximum absolute atomic E-state index is 13.5. The molecule has 1 aliphatic rings. The predicted molar refractivity (Wildman–Crippen MR) is 99.3 cm³/mol. The summed E-state index contributed by atoms with van der Waals surface area (Å²) in [6.45, 7) is -0.313. The fraction of sp³-hybridized carbons (Fsp3) is 0.333. The average molecular weight is 371 g/mol. The molecule has 6 heteroatoms. The average Bonchev–Trinajstić information content (AvgIpc) is 2.69. The third kappa shape index (κ3) is 5.54. The van der Waals surface area contributed by atoms with Gasteiger partial charge < -0.3 is 14.8 Å². The fourth-order valence-electron chi connectivity index (χ4n) is 2.99. The second kappa shape index (κ2) is 9.16. The Morgan fingerprint density at radius 2 is 1.70 bits per heavy atom. The number of carbonyl (C=O) groups excluding carboxylic acids is 2. The van der Waals surface area contributed by atoms with Gasteiger partial charge in [0.15, 0.2) is 18.2 Å². The summed E-state index contributed by atoms with van der Waals surface area (Å²) in [6, 6.07) is 12.4. The van der Waals surface area contributed by atoms with Crippen LogP contribution in [0, 0.1) is 5.82 Å². The minimum absolute atomic E-state index is 0.00107. The monoisotopic (exact) mass is 371 g/mol. The van der Waals surface area contributed by atoms with E-state index in [4.69, 9.17) is 9.47 Å². The summed E-state index contributed by atoms with van der Waals surface area (Å²) < 4.78 is 24.1. The van der Waals surface area contributed by atoms with Crippen LogP contribution in [-0.2, 0) is 9.53 Å². The Bertz CT molecular complexity index is 785. The zero-order chi connectivity index (χ0) is 19.1. The van der Waals surface area contributed by atoms with E-state index < -0.39 is 11.7 Å². The third-order valence-electron chi connectivity index (χ3n) is 4.43. The van der Waals surface area contributed by atoms with Crippen molar-refractivity contribution in [1.29, 1.82) is 0 Å². The Morgan fingerprint density at radius 3 is 2.41 bits per heavy atom. The maximum atomic E-state index is 13.5. The molecule has 1 amide bonds. The molecule has 0 aliphatic heterocycles. The molecule has 0 atom stereocenters. The lowest BCUT2D eigenvalue weighted by Gasteiger charge is -2.21. The lowest BCUT2D eigenvalue weighted by molar-refractivity contribution is -0.118. The Kier molecular flexibility index (Phi) is 6.41. The first-order valence-corrected chi connectivity index (χ1v) is 9.10. The fourth-order valence-corrected chi connectivity index (χ4v) is 2.99. The second-order valence-electron chi connectivity index (χ2n) is 6.51. The van der Waals surface area contributed by atoms with Gasteiger partial charge in [-0.05, 0) is 62.1 Å². The van der Waals surface area contributed by atoms with E-state index in [0.29, 0.717) is 11.3 Å². The molecule has 0 spiro atoms. The molecular weight excluding hydrogens is 349 g/mol. The Balaban J connectivity index is 1.48. The summed E-state index contributed by atoms with van der Waals surface area (Å²) in [6.07, 6.45) is 5.23. The quantitative estimate of drug-likeness (QED) is 0.768. The van der Waals surface area contributed by atoms with Crippen LogP contribution in [0.25, 0.3) is 0 Å². The van der Waals surface area contributed by atoms with Gasteiger partial charge >= 0.3 is 5.97 Å². The molecule has 3 rings (SSSR count). The van der Waals surface area contributed by atoms with Gasteiger partial charge in [0.1, 0.15) is 6.10 Å². The molecule has 142 valence electrons. The number of halogens is 1. The number of amides is 1. The van der Waals surface area contributed by atoms with E-state index in [0.717, 1.165) is 25.7 Å². The molecule has 27 heavy (non-hydrogen) atoms. The Hall–Kier alpha value is -2.89. The number of nitrogens with one attached hydrogen (secondary N) is 1. The van der Waals surface area contributed by atoms with Crippen LogP contribution in [0.15, 0.2) is 48.5 Å². The minimum atomic E-state index is -0.522. The van der Waals surface area contributed by atoms with E-state index in [1.165, 1.54) is 18.6 Å². The van der Waals surface area contributed by atoms with Gasteiger partial charge in [-0.1, -0.05) is 18.6 Å². The van der Waals surface area contributed by atoms with Gasteiger partial charge in [0.2, 0.25) is 0 Å². The van der Waals surface area contributed by atoms with Crippen molar-refractivity contribution >= 4 is 17.6 Å². The van der Waals surface area contributed by atoms with Crippen LogP contribution in [0.5, 0.6) is 5.75 Å². The molecule has 0 radical (unpaired) electrons. The molecule has 2 aromatic rings. The lowest BCUT2D eigenvalue weighted by atomic mass is 9.98. The first-order valence-electron chi connectivity index (χ1n) is 9.10. The number of anilines is 1. The van der Waals surface area contributed by atoms with Crippen LogP contribution in [0.3, 0.4) is 0 Å². The predicted octanol–water partition coefficient (Wildman–Crippen LogP) is 4.33. The van der Waals surface area contributed by atoms with Crippen molar-refractivity contribution in [3.05, 3.63) is 59.9 Å². The zero-order valence-corrected chi connectivity index (χ0v) is 14.9. The number of hydrogen-bond acceptors (Lipinski definition) is 4. The Labute approximate surface area is 157 Å². The van der Waals surface area contributed by atoms with E-state index in [1.54, 1.807) is 36.4 Å². The topological polar surface area (TPSA) is 64.6 Å². The highest BCUT2D eigenvalue weighted by atomic mass is 19.1. The Morgan fingerprint density at radius 1 is 1.00 bits per heavy atom. The highest BCUT2D eigenvalue weighted by molar-refractivity contribution is 5.93. The molecule has 0 unspecified atom stereocenters. The second-order valence-corrected chi connectivity index (χ2v) is 6.51. The molecule has 1 aliphatic carbocycles. The SMILES string of the molecule is O=C(COc1ccccc1F)Nc1ccc(C(=O)OC2CCCCC2)cc1. The highest BCUT2D eigenvalue weighted by Gasteiger charge is 2.18. The van der Waals surface area contributed by atoms with Gasteiger partial charge in [-0.25, -0.2) is 9.18 Å². The van der Waals surface area contributed by atoms with E-state index in [1.807, 2.05) is 0 Å². The molecule has 0 heterocycles. The molecule has 0 saturated heterocycles. The van der Waals surface area contributed by atoms with Crippen LogP contribution in [0.4, 0.5) is 10.1 Å². The molecule has 5 nitrogen and oxygen atoms in total. The third-order valence-corrected chi connectivity index (χ3v) is 4.43. The minimum Gasteiger partial charge on any atom is -0.481 e. The first kappa shape index (κ1) is 18.9. The standard InChI is InChI=1S/C21H22FNO4/c22-18-8-4-5-9-19(18)26-14-20(24)23-16-12-10-15(11-13-16)21(25)27-17-6-2-1-3-7-17/h4-5,8-13,17H,1-3,6-7,14H2,(H,23,24). The van der Waals surface area contributed by atoms with Gasteiger partial charge in [-0.15, -0.1) is 0 Å². The normalized spacial score (nSPS) is 14.4. The van der Waals surface area contributed by atoms with Crippen LogP contribution in [0.1, 0.15) is 42.5 Å². The van der Waals surface area contributed by atoms with Gasteiger partial charge in [-0.2, -0.15) is 0 Å². The molecule has 0 aromatic heterocycles. The number of rotatable bonds is 6. The molecular formula is C21H22FNO4. The first-order chi connectivity index (χ1) is 13.1. The van der Waals surface area contributed by atoms with Crippen molar-refractivity contribution in [2.75, 3.05) is 11.9 Å². The molecule has 1 saturated carbocycles. The van der Waals surface area contributed by atoms with Crippen LogP contribution in [0.2, 0.25) is 0 Å². The molecule has 0 bridgehead atoms. The van der Waals surface area contributed by atoms with E-state index in [9.17, 15) is 14.0 Å². The van der Waals surface area contributed by atoms with Crippen molar-refractivity contribution in [3.8, 4) is 5.75 Å². The molecule has 2 aromatic carbocycles. The van der Waals surface area contributed by atoms with Crippen molar-refractivity contribution in [2.45, 2.75) is 38.2 Å². The summed E-state index contributed by atoms with van der Waals surface area (Å²) in [7, 11) is 0. The number of benzene rings is 2. The summed E-state index contributed by atoms with van der Waals surface area (Å²) in [4.78, 5) is 24.1. The van der Waals surface area contributed by atoms with Crippen LogP contribution in [-0.4, -0.2) is 24.6 Å². The van der Waals surface area contributed by atoms with E-state index >= 15 is 0 Å². The van der Waals surface area contributed by atoms with Crippen molar-refractivity contribution < 1.29 is 23.5 Å². The lowest BCUT2D eigenvalue weighted by Crippen LogP contribution is -2.21.